The van der Waals surface area contributed by atoms with Crippen molar-refractivity contribution in [2.75, 3.05) is 9.80 Å². The molecule has 0 radical (unpaired) electrons. The van der Waals surface area contributed by atoms with Gasteiger partial charge in [0.2, 0.25) is 0 Å². The molecule has 0 aliphatic carbocycles. The molecular formula is C77H77BN2S. The predicted octanol–water partition coefficient (Wildman–Crippen LogP) is 20.7. The van der Waals surface area contributed by atoms with Gasteiger partial charge in [0.05, 0.1) is 11.4 Å². The van der Waals surface area contributed by atoms with E-state index in [0.29, 0.717) is 0 Å². The van der Waals surface area contributed by atoms with Crippen LogP contribution >= 0.6 is 11.3 Å². The summed E-state index contributed by atoms with van der Waals surface area (Å²) in [5, 5.41) is 9.04. The van der Waals surface area contributed by atoms with Crippen molar-refractivity contribution >= 4 is 110 Å². The second-order valence-electron chi connectivity index (χ2n) is 28.3. The fourth-order valence-corrected chi connectivity index (χ4v) is 14.3. The van der Waals surface area contributed by atoms with Crippen LogP contribution in [0.5, 0.6) is 0 Å². The second-order valence-corrected chi connectivity index (χ2v) is 29.4. The van der Waals surface area contributed by atoms with Gasteiger partial charge in [-0.15, -0.1) is 11.3 Å². The Morgan fingerprint density at radius 3 is 1.48 bits per heavy atom. The molecular weight excluding hydrogens is 996 g/mol. The van der Waals surface area contributed by atoms with E-state index in [9.17, 15) is 0 Å². The minimum Gasteiger partial charge on any atom is -0.311 e. The molecule has 13 rings (SSSR count). The second kappa shape index (κ2) is 18.6. The Balaban J connectivity index is 1.08. The molecule has 404 valence electrons. The lowest BCUT2D eigenvalue weighted by molar-refractivity contribution is 0.506. The van der Waals surface area contributed by atoms with E-state index in [1.807, 2.05) is 11.3 Å². The van der Waals surface area contributed by atoms with Gasteiger partial charge in [-0.2, -0.15) is 0 Å². The third-order valence-electron chi connectivity index (χ3n) is 18.4. The van der Waals surface area contributed by atoms with Crippen molar-refractivity contribution in [2.45, 2.75) is 137 Å². The van der Waals surface area contributed by atoms with E-state index in [4.69, 9.17) is 0 Å². The molecule has 81 heavy (non-hydrogen) atoms. The van der Waals surface area contributed by atoms with Gasteiger partial charge in [0.25, 0.3) is 6.71 Å². The lowest BCUT2D eigenvalue weighted by Crippen LogP contribution is -2.60. The standard InChI is InChI=1S/C77H77BN2S/c1-16-77(14,15)52-32-38-66-64(46-52)78-70-67(79(71-63-45-51(74(5,6)7)33-39-69(63)81-72(71)78)55-34-28-47(29-35-55)49-40-53(75(8,9)10)43-54(41-49)76(11,12)13)26-21-27-68(70)80(66)65-37-31-50(73(2,3)4)44-61(65)48-30-36-60-58-24-18-17-22-56(58)57-23-19-20-25-59(57)62(60)42-48/h17-46H,16H2,1-15H3. The van der Waals surface area contributed by atoms with Crippen LogP contribution in [0.3, 0.4) is 0 Å². The maximum absolute atomic E-state index is 2.64. The highest BCUT2D eigenvalue weighted by atomic mass is 32.1. The van der Waals surface area contributed by atoms with Crippen molar-refractivity contribution in [1.82, 2.24) is 0 Å². The Morgan fingerprint density at radius 2 is 0.889 bits per heavy atom. The van der Waals surface area contributed by atoms with Crippen molar-refractivity contribution in [3.8, 4) is 22.3 Å². The van der Waals surface area contributed by atoms with E-state index < -0.39 is 0 Å². The third-order valence-corrected chi connectivity index (χ3v) is 19.6. The summed E-state index contributed by atoms with van der Waals surface area (Å²) in [6.07, 6.45) is 1.04. The van der Waals surface area contributed by atoms with Crippen molar-refractivity contribution in [3.05, 3.63) is 210 Å². The van der Waals surface area contributed by atoms with Crippen molar-refractivity contribution < 1.29 is 0 Å². The summed E-state index contributed by atoms with van der Waals surface area (Å²) >= 11 is 1.99. The third kappa shape index (κ3) is 8.73. The number of anilines is 6. The number of rotatable bonds is 6. The van der Waals surface area contributed by atoms with Crippen LogP contribution in [0.15, 0.2) is 182 Å². The minimum absolute atomic E-state index is 0.00429. The molecule has 4 heteroatoms. The van der Waals surface area contributed by atoms with Gasteiger partial charge in [-0.25, -0.2) is 0 Å². The molecule has 2 nitrogen and oxygen atoms in total. The van der Waals surface area contributed by atoms with Gasteiger partial charge in [-0.05, 0) is 182 Å². The highest BCUT2D eigenvalue weighted by Gasteiger charge is 2.46. The molecule has 0 bridgehead atoms. The zero-order chi connectivity index (χ0) is 56.9. The lowest BCUT2D eigenvalue weighted by Gasteiger charge is -2.44. The lowest BCUT2D eigenvalue weighted by atomic mass is 9.36. The fourth-order valence-electron chi connectivity index (χ4n) is 13.0. The van der Waals surface area contributed by atoms with Gasteiger partial charge in [-0.3, -0.25) is 0 Å². The van der Waals surface area contributed by atoms with E-state index in [0.717, 1.165) is 6.42 Å². The molecule has 0 atom stereocenters. The quantitative estimate of drug-likeness (QED) is 0.121. The van der Waals surface area contributed by atoms with Crippen LogP contribution in [0.4, 0.5) is 34.1 Å². The van der Waals surface area contributed by atoms with Crippen LogP contribution in [0.2, 0.25) is 0 Å². The summed E-state index contributed by atoms with van der Waals surface area (Å²) in [5.74, 6) is 0. The molecule has 0 unspecified atom stereocenters. The molecule has 0 N–H and O–H groups in total. The number of fused-ring (bicyclic) bond motifs is 12. The predicted molar refractivity (Wildman–Crippen MR) is 357 cm³/mol. The molecule has 0 fully saturated rings. The maximum Gasteiger partial charge on any atom is 0.264 e. The van der Waals surface area contributed by atoms with Gasteiger partial charge >= 0.3 is 0 Å². The van der Waals surface area contributed by atoms with Crippen molar-refractivity contribution in [3.63, 3.8) is 0 Å². The zero-order valence-electron chi connectivity index (χ0n) is 50.4. The summed E-state index contributed by atoms with van der Waals surface area (Å²) in [5.41, 5.74) is 21.7. The molecule has 2 aliphatic heterocycles. The monoisotopic (exact) mass is 1070 g/mol. The molecule has 0 amide bonds. The largest absolute Gasteiger partial charge is 0.311 e. The SMILES string of the molecule is CCC(C)(C)c1ccc2c(c1)B1c3sc4ccc(C(C)(C)C)cc4c3N(c3ccc(-c4cc(C(C)(C)C)cc(C(C)(C)C)c4)cc3)c3cccc(c31)N2c1ccc(C(C)(C)C)cc1-c1ccc2c3ccccc3c3ccccc3c2c1. The first-order chi connectivity index (χ1) is 38.4. The Labute approximate surface area is 486 Å². The average Bonchev–Trinajstić information content (AvgIpc) is 3.83. The van der Waals surface area contributed by atoms with Gasteiger partial charge in [0.1, 0.15) is 0 Å². The molecule has 10 aromatic carbocycles. The Morgan fingerprint density at radius 1 is 0.370 bits per heavy atom. The van der Waals surface area contributed by atoms with Crippen LogP contribution < -0.4 is 25.5 Å². The number of hydrogen-bond donors (Lipinski definition) is 0. The van der Waals surface area contributed by atoms with Crippen LogP contribution in [0.25, 0.3) is 64.7 Å². The minimum atomic E-state index is -0.0742. The Kier molecular flexibility index (Phi) is 12.1. The number of hydrogen-bond acceptors (Lipinski definition) is 3. The van der Waals surface area contributed by atoms with Gasteiger partial charge < -0.3 is 9.80 Å². The van der Waals surface area contributed by atoms with Gasteiger partial charge in [0, 0.05) is 43.2 Å². The zero-order valence-corrected chi connectivity index (χ0v) is 51.2. The van der Waals surface area contributed by atoms with E-state index in [1.54, 1.807) is 0 Å². The molecule has 0 saturated carbocycles. The number of nitrogens with zero attached hydrogens (tertiary/aromatic N) is 2. The Hall–Kier alpha value is -7.40. The molecule has 0 saturated heterocycles. The highest BCUT2D eigenvalue weighted by Crippen LogP contribution is 2.51. The average molecular weight is 1070 g/mol. The summed E-state index contributed by atoms with van der Waals surface area (Å²) in [4.78, 5) is 5.28. The molecule has 11 aromatic rings. The number of benzene rings is 10. The first-order valence-corrected chi connectivity index (χ1v) is 30.4. The first kappa shape index (κ1) is 52.9. The van der Waals surface area contributed by atoms with Crippen molar-refractivity contribution in [1.29, 1.82) is 0 Å². The Bertz CT molecular complexity index is 4280. The van der Waals surface area contributed by atoms with E-state index >= 15 is 0 Å². The van der Waals surface area contributed by atoms with Crippen LogP contribution in [0, 0.1) is 0 Å². The normalized spacial score (nSPS) is 13.8. The van der Waals surface area contributed by atoms with Gasteiger partial charge in [0.15, 0.2) is 0 Å². The van der Waals surface area contributed by atoms with Crippen LogP contribution in [-0.4, -0.2) is 6.71 Å². The van der Waals surface area contributed by atoms with Gasteiger partial charge in [-0.1, -0.05) is 225 Å². The summed E-state index contributed by atoms with van der Waals surface area (Å²) in [7, 11) is 0. The molecule has 3 heterocycles. The van der Waals surface area contributed by atoms with Crippen LogP contribution in [-0.2, 0) is 27.1 Å². The molecule has 2 aliphatic rings. The first-order valence-electron chi connectivity index (χ1n) is 29.6. The molecule has 0 spiro atoms. The highest BCUT2D eigenvalue weighted by molar-refractivity contribution is 7.33. The number of thiophene rings is 1. The smallest absolute Gasteiger partial charge is 0.264 e. The summed E-state index contributed by atoms with van der Waals surface area (Å²) in [6.45, 7) is 35.2. The summed E-state index contributed by atoms with van der Waals surface area (Å²) < 4.78 is 2.72. The summed E-state index contributed by atoms with van der Waals surface area (Å²) in [6, 6.07) is 71.2. The van der Waals surface area contributed by atoms with E-state index in [-0.39, 0.29) is 33.8 Å². The van der Waals surface area contributed by atoms with E-state index in [2.05, 4.69) is 296 Å². The van der Waals surface area contributed by atoms with Crippen molar-refractivity contribution in [2.24, 2.45) is 0 Å². The van der Waals surface area contributed by atoms with Crippen LogP contribution in [0.1, 0.15) is 138 Å². The topological polar surface area (TPSA) is 6.48 Å². The van der Waals surface area contributed by atoms with E-state index in [1.165, 1.54) is 142 Å². The molecule has 1 aromatic heterocycles. The fraction of sp³-hybridized carbons (Fsp3) is 0.273. The maximum atomic E-state index is 2.64.